The number of hydroxylamine groups is 2. The third kappa shape index (κ3) is 4.91. The molecule has 1 saturated heterocycles. The Morgan fingerprint density at radius 1 is 0.930 bits per heavy atom. The average Bonchev–Trinajstić information content (AvgIpc) is 3.27. The number of carbonyl (C=O) groups is 3. The number of allylic oxidation sites excluding steroid dienone is 5. The number of benzene rings is 2. The van der Waals surface area contributed by atoms with Crippen LogP contribution in [0.25, 0.3) is 5.57 Å². The molecule has 1 fully saturated rings. The van der Waals surface area contributed by atoms with Gasteiger partial charge in [0.15, 0.2) is 5.71 Å². The van der Waals surface area contributed by atoms with Crippen LogP contribution in [0.2, 0.25) is 11.1 Å². The molecule has 0 aromatic heterocycles. The summed E-state index contributed by atoms with van der Waals surface area (Å²) in [5.41, 5.74) is 8.92. The summed E-state index contributed by atoms with van der Waals surface area (Å²) in [4.78, 5) is 45.0. The molecule has 8 heteroatoms. The molecule has 2 aliphatic heterocycles. The fraction of sp³-hybridized carbons (Fsp3) is 0.371. The van der Waals surface area contributed by atoms with Crippen LogP contribution in [0.3, 0.4) is 0 Å². The molecule has 0 bridgehead atoms. The third-order valence-corrected chi connectivity index (χ3v) is 15.5. The number of rotatable bonds is 6. The smallest absolute Gasteiger partial charge is 0.363 e. The van der Waals surface area contributed by atoms with E-state index in [-0.39, 0.29) is 12.8 Å². The van der Waals surface area contributed by atoms with E-state index in [0.29, 0.717) is 21.7 Å². The van der Waals surface area contributed by atoms with E-state index in [1.54, 1.807) is 6.07 Å². The van der Waals surface area contributed by atoms with Crippen LogP contribution in [0.5, 0.6) is 0 Å². The molecule has 5 rings (SSSR count). The van der Waals surface area contributed by atoms with Gasteiger partial charge in [-0.25, -0.2) is 9.37 Å². The number of carbonyl (C=O) groups excluding carboxylic acids is 3. The van der Waals surface area contributed by atoms with Crippen LogP contribution in [0, 0.1) is 6.92 Å². The lowest BCUT2D eigenvalue weighted by Gasteiger charge is -2.48. The van der Waals surface area contributed by atoms with E-state index in [1.807, 2.05) is 12.1 Å². The summed E-state index contributed by atoms with van der Waals surface area (Å²) in [5, 5.41) is 3.42. The molecule has 1 aliphatic carbocycles. The summed E-state index contributed by atoms with van der Waals surface area (Å²) in [6.45, 7) is 11.5. The second kappa shape index (κ2) is 11.2. The Kier molecular flexibility index (Phi) is 7.94. The first kappa shape index (κ1) is 30.4. The topological polar surface area (TPSA) is 69.9 Å². The lowest BCUT2D eigenvalue weighted by atomic mass is 9.86. The van der Waals surface area contributed by atoms with Crippen molar-refractivity contribution in [3.8, 4) is 0 Å². The van der Waals surface area contributed by atoms with Crippen molar-refractivity contribution >= 4 is 48.0 Å². The van der Waals surface area contributed by atoms with Crippen LogP contribution in [0.15, 0.2) is 65.4 Å². The average molecular weight is 597 g/mol. The van der Waals surface area contributed by atoms with Crippen LogP contribution in [-0.2, 0) is 14.4 Å². The van der Waals surface area contributed by atoms with E-state index in [1.165, 1.54) is 21.5 Å². The van der Waals surface area contributed by atoms with Crippen molar-refractivity contribution in [1.29, 1.82) is 0 Å². The van der Waals surface area contributed by atoms with Crippen molar-refractivity contribution in [2.45, 2.75) is 58.5 Å². The first-order valence-electron chi connectivity index (χ1n) is 15.0. The summed E-state index contributed by atoms with van der Waals surface area (Å²) < 4.78 is 2.16. The van der Waals surface area contributed by atoms with Crippen molar-refractivity contribution in [3.63, 3.8) is 0 Å². The zero-order chi connectivity index (χ0) is 31.4. The van der Waals surface area contributed by atoms with Crippen molar-refractivity contribution in [2.75, 3.05) is 33.1 Å². The molecule has 2 amide bonds. The number of nitrogens with zero attached hydrogens (tertiary/aromatic N) is 3. The molecule has 0 atom stereocenters. The predicted molar refractivity (Wildman–Crippen MR) is 174 cm³/mol. The van der Waals surface area contributed by atoms with Crippen molar-refractivity contribution in [1.82, 2.24) is 5.06 Å². The molecule has 0 radical (unpaired) electrons. The van der Waals surface area contributed by atoms with Gasteiger partial charge in [-0.3, -0.25) is 9.59 Å². The summed E-state index contributed by atoms with van der Waals surface area (Å²) in [6.07, 6.45) is 6.93. The van der Waals surface area contributed by atoms with Crippen LogP contribution in [-0.4, -0.2) is 69.4 Å². The SMILES string of the molecule is Cc1ccc(C(=O)ON2C(=O)CCC2=O)cc1C1=C2C=CC(=[N+](C)C)C=C2[Si](C(C)C)(C(C)C)c2cc(N(C)C)ccc21. The molecule has 0 saturated carbocycles. The van der Waals surface area contributed by atoms with E-state index < -0.39 is 25.9 Å². The van der Waals surface area contributed by atoms with Gasteiger partial charge >= 0.3 is 5.97 Å². The fourth-order valence-corrected chi connectivity index (χ4v) is 13.2. The highest BCUT2D eigenvalue weighted by molar-refractivity contribution is 7.01. The molecular weight excluding hydrogens is 554 g/mol. The molecular formula is C35H42N3O4Si+. The highest BCUT2D eigenvalue weighted by Crippen LogP contribution is 2.50. The molecule has 0 N–H and O–H groups in total. The van der Waals surface area contributed by atoms with Gasteiger partial charge in [0.05, 0.1) is 5.56 Å². The summed E-state index contributed by atoms with van der Waals surface area (Å²) in [6, 6.07) is 12.3. The van der Waals surface area contributed by atoms with Crippen LogP contribution in [0.1, 0.15) is 67.6 Å². The van der Waals surface area contributed by atoms with Gasteiger partial charge in [-0.1, -0.05) is 39.8 Å². The van der Waals surface area contributed by atoms with Gasteiger partial charge in [0.25, 0.3) is 11.8 Å². The summed E-state index contributed by atoms with van der Waals surface area (Å²) >= 11 is 0. The Balaban J connectivity index is 1.80. The van der Waals surface area contributed by atoms with Gasteiger partial charge in [0.1, 0.15) is 22.2 Å². The molecule has 224 valence electrons. The lowest BCUT2D eigenvalue weighted by molar-refractivity contribution is -0.462. The number of imide groups is 1. The Bertz CT molecular complexity index is 1650. The molecule has 2 aromatic carbocycles. The molecule has 7 nitrogen and oxygen atoms in total. The molecule has 2 heterocycles. The minimum absolute atomic E-state index is 0.0535. The van der Waals surface area contributed by atoms with E-state index in [2.05, 4.69) is 109 Å². The highest BCUT2D eigenvalue weighted by Gasteiger charge is 2.51. The molecule has 43 heavy (non-hydrogen) atoms. The number of hydrogen-bond donors (Lipinski definition) is 0. The van der Waals surface area contributed by atoms with Crippen molar-refractivity contribution in [2.24, 2.45) is 0 Å². The third-order valence-electron chi connectivity index (χ3n) is 9.21. The van der Waals surface area contributed by atoms with Gasteiger partial charge in [-0.15, -0.1) is 5.06 Å². The van der Waals surface area contributed by atoms with E-state index >= 15 is 0 Å². The van der Waals surface area contributed by atoms with Crippen LogP contribution < -0.4 is 10.1 Å². The van der Waals surface area contributed by atoms with E-state index in [0.717, 1.165) is 28.1 Å². The number of anilines is 1. The summed E-state index contributed by atoms with van der Waals surface area (Å²) in [7, 11) is 5.97. The Morgan fingerprint density at radius 2 is 1.58 bits per heavy atom. The maximum Gasteiger partial charge on any atom is 0.363 e. The van der Waals surface area contributed by atoms with Gasteiger partial charge in [0, 0.05) is 44.8 Å². The lowest BCUT2D eigenvalue weighted by Crippen LogP contribution is -2.59. The first-order chi connectivity index (χ1) is 20.3. The minimum atomic E-state index is -2.35. The van der Waals surface area contributed by atoms with Crippen LogP contribution >= 0.6 is 0 Å². The van der Waals surface area contributed by atoms with Gasteiger partial charge in [-0.2, -0.15) is 0 Å². The first-order valence-corrected chi connectivity index (χ1v) is 17.1. The van der Waals surface area contributed by atoms with Crippen LogP contribution in [0.4, 0.5) is 5.69 Å². The zero-order valence-corrected chi connectivity index (χ0v) is 27.7. The fourth-order valence-electron chi connectivity index (χ4n) is 7.04. The van der Waals surface area contributed by atoms with Gasteiger partial charge in [-0.05, 0) is 86.6 Å². The number of amides is 2. The van der Waals surface area contributed by atoms with Crippen molar-refractivity contribution < 1.29 is 23.8 Å². The quantitative estimate of drug-likeness (QED) is 0.257. The van der Waals surface area contributed by atoms with E-state index in [9.17, 15) is 14.4 Å². The zero-order valence-electron chi connectivity index (χ0n) is 26.7. The minimum Gasteiger partial charge on any atom is -0.378 e. The monoisotopic (exact) mass is 596 g/mol. The second-order valence-corrected chi connectivity index (χ2v) is 17.9. The maximum absolute atomic E-state index is 13.3. The Labute approximate surface area is 255 Å². The largest absolute Gasteiger partial charge is 0.378 e. The Morgan fingerprint density at radius 3 is 2.16 bits per heavy atom. The van der Waals surface area contributed by atoms with Crippen molar-refractivity contribution in [3.05, 3.63) is 87.6 Å². The normalized spacial score (nSPS) is 17.4. The second-order valence-electron chi connectivity index (χ2n) is 12.8. The summed E-state index contributed by atoms with van der Waals surface area (Å²) in [5.74, 6) is -1.71. The molecule has 3 aliphatic rings. The predicted octanol–water partition coefficient (Wildman–Crippen LogP) is 5.32. The maximum atomic E-state index is 13.3. The van der Waals surface area contributed by atoms with Gasteiger partial charge < -0.3 is 9.74 Å². The Hall–Kier alpha value is -4.04. The molecule has 0 spiro atoms. The van der Waals surface area contributed by atoms with E-state index in [4.69, 9.17) is 4.84 Å². The number of aryl methyl sites for hydroxylation is 1. The highest BCUT2D eigenvalue weighted by atomic mass is 28.3. The molecule has 2 aromatic rings. The number of fused-ring (bicyclic) bond motifs is 2. The number of hydrogen-bond acceptors (Lipinski definition) is 5. The molecule has 0 unspecified atom stereocenters. The van der Waals surface area contributed by atoms with Gasteiger partial charge in [0.2, 0.25) is 0 Å². The standard InChI is InChI=1S/C35H42N3O4Si/c1-21(2)43(22(3)4)30-19-25(36(6)7)12-14-27(30)34(28-15-13-26(37(8)9)20-31(28)43)29-18-24(11-10-23(29)5)35(41)42-38-32(39)16-17-33(38)40/h10-15,18-22H,16-17H2,1-9H3/q+1.